The first kappa shape index (κ1) is 14.0. The van der Waals surface area contributed by atoms with Crippen LogP contribution in [0.4, 0.5) is 5.69 Å². The molecule has 2 aromatic rings. The van der Waals surface area contributed by atoms with E-state index in [1.807, 2.05) is 16.8 Å². The first-order chi connectivity index (χ1) is 9.69. The van der Waals surface area contributed by atoms with Crippen LogP contribution >= 0.6 is 11.3 Å². The van der Waals surface area contributed by atoms with E-state index in [1.54, 1.807) is 41.7 Å². The predicted octanol–water partition coefficient (Wildman–Crippen LogP) is 3.19. The van der Waals surface area contributed by atoms with E-state index < -0.39 is 5.97 Å². The van der Waals surface area contributed by atoms with Crippen LogP contribution in [0.1, 0.15) is 15.9 Å². The molecular formula is C15H13NO3S. The van der Waals surface area contributed by atoms with Gasteiger partial charge in [0.15, 0.2) is 0 Å². The maximum Gasteiger partial charge on any atom is 0.337 e. The Morgan fingerprint density at radius 2 is 1.95 bits per heavy atom. The van der Waals surface area contributed by atoms with Crippen LogP contribution < -0.4 is 5.32 Å². The van der Waals surface area contributed by atoms with E-state index in [-0.39, 0.29) is 5.91 Å². The van der Waals surface area contributed by atoms with Gasteiger partial charge in [-0.2, -0.15) is 11.3 Å². The Labute approximate surface area is 120 Å². The first-order valence-electron chi connectivity index (χ1n) is 5.88. The van der Waals surface area contributed by atoms with Crippen LogP contribution in [-0.2, 0) is 9.53 Å². The Morgan fingerprint density at radius 1 is 1.20 bits per heavy atom. The zero-order chi connectivity index (χ0) is 14.4. The molecule has 0 aliphatic carbocycles. The second-order valence-corrected chi connectivity index (χ2v) is 4.73. The van der Waals surface area contributed by atoms with Gasteiger partial charge in [0.25, 0.3) is 0 Å². The Bertz CT molecular complexity index is 615. The lowest BCUT2D eigenvalue weighted by atomic mass is 10.2. The number of anilines is 1. The molecule has 2 rings (SSSR count). The van der Waals surface area contributed by atoms with Gasteiger partial charge in [-0.15, -0.1) is 0 Å². The van der Waals surface area contributed by atoms with Crippen molar-refractivity contribution in [1.82, 2.24) is 0 Å². The summed E-state index contributed by atoms with van der Waals surface area (Å²) in [6.45, 7) is 0. The van der Waals surface area contributed by atoms with Crippen molar-refractivity contribution >= 4 is 35.0 Å². The maximum atomic E-state index is 11.7. The summed E-state index contributed by atoms with van der Waals surface area (Å²) in [4.78, 5) is 23.0. The van der Waals surface area contributed by atoms with Crippen molar-refractivity contribution in [3.8, 4) is 0 Å². The van der Waals surface area contributed by atoms with Crippen molar-refractivity contribution in [3.05, 3.63) is 58.3 Å². The molecule has 0 spiro atoms. The second-order valence-electron chi connectivity index (χ2n) is 3.95. The quantitative estimate of drug-likeness (QED) is 0.694. The van der Waals surface area contributed by atoms with Crippen LogP contribution in [0.15, 0.2) is 47.2 Å². The molecule has 1 heterocycles. The Balaban J connectivity index is 1.96. The third-order valence-corrected chi connectivity index (χ3v) is 3.25. The number of carbonyl (C=O) groups excluding carboxylic acids is 2. The largest absolute Gasteiger partial charge is 0.465 e. The van der Waals surface area contributed by atoms with Gasteiger partial charge in [0.1, 0.15) is 0 Å². The molecule has 1 aromatic carbocycles. The summed E-state index contributed by atoms with van der Waals surface area (Å²) in [5.74, 6) is -0.623. The fourth-order valence-corrected chi connectivity index (χ4v) is 2.16. The Hall–Kier alpha value is -2.40. The van der Waals surface area contributed by atoms with Gasteiger partial charge < -0.3 is 10.1 Å². The summed E-state index contributed by atoms with van der Waals surface area (Å²) in [5.41, 5.74) is 2.06. The van der Waals surface area contributed by atoms with Crippen molar-refractivity contribution in [3.63, 3.8) is 0 Å². The molecule has 4 nitrogen and oxygen atoms in total. The highest BCUT2D eigenvalue weighted by Crippen LogP contribution is 2.11. The van der Waals surface area contributed by atoms with E-state index in [0.717, 1.165) is 5.56 Å². The summed E-state index contributed by atoms with van der Waals surface area (Å²) in [7, 11) is 1.33. The fraction of sp³-hybridized carbons (Fsp3) is 0.0667. The minimum absolute atomic E-state index is 0.220. The van der Waals surface area contributed by atoms with Crippen LogP contribution in [-0.4, -0.2) is 19.0 Å². The minimum atomic E-state index is -0.403. The number of benzene rings is 1. The molecule has 1 N–H and O–H groups in total. The van der Waals surface area contributed by atoms with E-state index in [0.29, 0.717) is 11.3 Å². The van der Waals surface area contributed by atoms with Gasteiger partial charge in [0.2, 0.25) is 5.91 Å². The topological polar surface area (TPSA) is 55.4 Å². The molecular weight excluding hydrogens is 274 g/mol. The normalized spacial score (nSPS) is 10.4. The summed E-state index contributed by atoms with van der Waals surface area (Å²) < 4.78 is 4.60. The van der Waals surface area contributed by atoms with Gasteiger partial charge in [-0.3, -0.25) is 4.79 Å². The van der Waals surface area contributed by atoms with Crippen LogP contribution in [0.5, 0.6) is 0 Å². The highest BCUT2D eigenvalue weighted by molar-refractivity contribution is 7.08. The lowest BCUT2D eigenvalue weighted by Gasteiger charge is -2.03. The summed E-state index contributed by atoms with van der Waals surface area (Å²) >= 11 is 1.57. The molecule has 1 amide bonds. The molecule has 0 saturated carbocycles. The first-order valence-corrected chi connectivity index (χ1v) is 6.83. The van der Waals surface area contributed by atoms with E-state index in [4.69, 9.17) is 0 Å². The molecule has 0 aliphatic heterocycles. The van der Waals surface area contributed by atoms with Crippen LogP contribution in [0.3, 0.4) is 0 Å². The monoisotopic (exact) mass is 287 g/mol. The van der Waals surface area contributed by atoms with Crippen LogP contribution in [0.25, 0.3) is 6.08 Å². The standard InChI is InChI=1S/C15H13NO3S/c1-19-15(18)12-3-5-13(6-4-12)16-14(17)7-2-11-8-9-20-10-11/h2-10H,1H3,(H,16,17)/b7-2+. The zero-order valence-corrected chi connectivity index (χ0v) is 11.6. The van der Waals surface area contributed by atoms with E-state index >= 15 is 0 Å². The lowest BCUT2D eigenvalue weighted by Crippen LogP contribution is -2.08. The van der Waals surface area contributed by atoms with Gasteiger partial charge >= 0.3 is 5.97 Å². The summed E-state index contributed by atoms with van der Waals surface area (Å²) in [6, 6.07) is 8.44. The molecule has 0 saturated heterocycles. The number of thiophene rings is 1. The SMILES string of the molecule is COC(=O)c1ccc(NC(=O)/C=C/c2ccsc2)cc1. The number of ether oxygens (including phenoxy) is 1. The Morgan fingerprint density at radius 3 is 2.55 bits per heavy atom. The lowest BCUT2D eigenvalue weighted by molar-refractivity contribution is -0.111. The van der Waals surface area contributed by atoms with Gasteiger partial charge in [0.05, 0.1) is 12.7 Å². The van der Waals surface area contributed by atoms with Crippen molar-refractivity contribution in [2.24, 2.45) is 0 Å². The highest BCUT2D eigenvalue weighted by Gasteiger charge is 2.04. The smallest absolute Gasteiger partial charge is 0.337 e. The highest BCUT2D eigenvalue weighted by atomic mass is 32.1. The molecule has 0 fully saturated rings. The van der Waals surface area contributed by atoms with Gasteiger partial charge in [-0.25, -0.2) is 4.79 Å². The van der Waals surface area contributed by atoms with Crippen molar-refractivity contribution in [2.45, 2.75) is 0 Å². The predicted molar refractivity (Wildman–Crippen MR) is 79.8 cm³/mol. The van der Waals surface area contributed by atoms with E-state index in [1.165, 1.54) is 13.2 Å². The summed E-state index contributed by atoms with van der Waals surface area (Å²) in [6.07, 6.45) is 3.21. The molecule has 0 atom stereocenters. The van der Waals surface area contributed by atoms with Gasteiger partial charge in [-0.1, -0.05) is 0 Å². The van der Waals surface area contributed by atoms with Crippen LogP contribution in [0.2, 0.25) is 0 Å². The number of hydrogen-bond donors (Lipinski definition) is 1. The number of carbonyl (C=O) groups is 2. The van der Waals surface area contributed by atoms with Crippen molar-refractivity contribution < 1.29 is 14.3 Å². The van der Waals surface area contributed by atoms with Gasteiger partial charge in [-0.05, 0) is 52.7 Å². The molecule has 0 bridgehead atoms. The average molecular weight is 287 g/mol. The molecule has 1 aromatic heterocycles. The van der Waals surface area contributed by atoms with Gasteiger partial charge in [0, 0.05) is 11.8 Å². The van der Waals surface area contributed by atoms with E-state index in [2.05, 4.69) is 10.1 Å². The summed E-state index contributed by atoms with van der Waals surface area (Å²) in [5, 5.41) is 6.61. The number of hydrogen-bond acceptors (Lipinski definition) is 4. The molecule has 0 radical (unpaired) electrons. The van der Waals surface area contributed by atoms with Crippen LogP contribution in [0, 0.1) is 0 Å². The average Bonchev–Trinajstić information content (AvgIpc) is 2.98. The number of methoxy groups -OCH3 is 1. The molecule has 20 heavy (non-hydrogen) atoms. The number of nitrogens with one attached hydrogen (secondary N) is 1. The van der Waals surface area contributed by atoms with Crippen molar-refractivity contribution in [1.29, 1.82) is 0 Å². The molecule has 0 aliphatic rings. The van der Waals surface area contributed by atoms with E-state index in [9.17, 15) is 9.59 Å². The second kappa shape index (κ2) is 6.68. The Kier molecular flexibility index (Phi) is 4.68. The number of rotatable bonds is 4. The molecule has 5 heteroatoms. The zero-order valence-electron chi connectivity index (χ0n) is 10.8. The molecule has 0 unspecified atom stereocenters. The fourth-order valence-electron chi connectivity index (χ4n) is 1.53. The third kappa shape index (κ3) is 3.80. The molecule has 102 valence electrons. The minimum Gasteiger partial charge on any atom is -0.465 e. The maximum absolute atomic E-state index is 11.7. The number of amides is 1. The van der Waals surface area contributed by atoms with Crippen molar-refractivity contribution in [2.75, 3.05) is 12.4 Å². The third-order valence-electron chi connectivity index (χ3n) is 2.54. The number of esters is 1.